The number of nitrogens with one attached hydrogen (secondary N) is 1. The summed E-state index contributed by atoms with van der Waals surface area (Å²) in [5.41, 5.74) is 3.20. The zero-order valence-electron chi connectivity index (χ0n) is 12.8. The number of aromatic nitrogens is 3. The Bertz CT molecular complexity index is 618. The van der Waals surface area contributed by atoms with E-state index in [4.69, 9.17) is 4.98 Å². The molecule has 2 heterocycles. The average Bonchev–Trinajstić information content (AvgIpc) is 3.01. The first-order valence-electron chi connectivity index (χ1n) is 7.82. The van der Waals surface area contributed by atoms with Gasteiger partial charge in [-0.2, -0.15) is 0 Å². The molecule has 0 unspecified atom stereocenters. The van der Waals surface area contributed by atoms with E-state index in [-0.39, 0.29) is 0 Å². The molecule has 0 amide bonds. The Kier molecular flexibility index (Phi) is 4.13. The molecule has 0 saturated heterocycles. The van der Waals surface area contributed by atoms with Crippen LogP contribution in [0.5, 0.6) is 0 Å². The average molecular weight is 282 g/mol. The van der Waals surface area contributed by atoms with Crippen LogP contribution in [0.1, 0.15) is 49.8 Å². The van der Waals surface area contributed by atoms with Crippen molar-refractivity contribution in [1.29, 1.82) is 0 Å². The molecule has 1 saturated carbocycles. The fraction of sp³-hybridized carbons (Fsp3) is 0.471. The lowest BCUT2D eigenvalue weighted by Crippen LogP contribution is -2.06. The minimum atomic E-state index is 0.578. The van der Waals surface area contributed by atoms with Crippen LogP contribution >= 0.6 is 0 Å². The third-order valence-corrected chi connectivity index (χ3v) is 4.02. The van der Waals surface area contributed by atoms with Gasteiger partial charge in [-0.25, -0.2) is 9.97 Å². The Balaban J connectivity index is 2.02. The van der Waals surface area contributed by atoms with Crippen molar-refractivity contribution in [2.45, 2.75) is 45.4 Å². The summed E-state index contributed by atoms with van der Waals surface area (Å²) < 4.78 is 0. The van der Waals surface area contributed by atoms with Crippen molar-refractivity contribution in [3.05, 3.63) is 35.7 Å². The monoisotopic (exact) mass is 282 g/mol. The van der Waals surface area contributed by atoms with Crippen LogP contribution in [0.15, 0.2) is 24.4 Å². The molecule has 0 atom stereocenters. The van der Waals surface area contributed by atoms with E-state index in [1.54, 1.807) is 0 Å². The van der Waals surface area contributed by atoms with E-state index in [9.17, 15) is 0 Å². The topological polar surface area (TPSA) is 50.7 Å². The van der Waals surface area contributed by atoms with E-state index in [0.717, 1.165) is 29.6 Å². The Hall–Kier alpha value is -1.97. The van der Waals surface area contributed by atoms with Gasteiger partial charge in [0.2, 0.25) is 0 Å². The molecule has 0 aliphatic heterocycles. The smallest absolute Gasteiger partial charge is 0.180 e. The second-order valence-corrected chi connectivity index (χ2v) is 5.73. The minimum absolute atomic E-state index is 0.578. The van der Waals surface area contributed by atoms with Crippen LogP contribution in [0, 0.1) is 6.92 Å². The summed E-state index contributed by atoms with van der Waals surface area (Å²) >= 11 is 0. The number of rotatable bonds is 4. The highest BCUT2D eigenvalue weighted by atomic mass is 15.0. The second-order valence-electron chi connectivity index (χ2n) is 5.73. The van der Waals surface area contributed by atoms with Crippen LogP contribution in [-0.2, 0) is 0 Å². The molecule has 0 bridgehead atoms. The fourth-order valence-electron chi connectivity index (χ4n) is 2.94. The zero-order chi connectivity index (χ0) is 14.7. The van der Waals surface area contributed by atoms with Gasteiger partial charge in [-0.1, -0.05) is 12.8 Å². The van der Waals surface area contributed by atoms with Crippen molar-refractivity contribution in [2.24, 2.45) is 0 Å². The van der Waals surface area contributed by atoms with Gasteiger partial charge in [0, 0.05) is 30.4 Å². The number of hydrogen-bond donors (Lipinski definition) is 1. The van der Waals surface area contributed by atoms with Gasteiger partial charge < -0.3 is 5.32 Å². The lowest BCUT2D eigenvalue weighted by Gasteiger charge is -2.13. The largest absolute Gasteiger partial charge is 0.370 e. The second kappa shape index (κ2) is 6.20. The van der Waals surface area contributed by atoms with Crippen LogP contribution in [0.3, 0.4) is 0 Å². The first-order chi connectivity index (χ1) is 10.3. The molecular formula is C17H22N4. The van der Waals surface area contributed by atoms with Gasteiger partial charge in [0.1, 0.15) is 11.5 Å². The molecule has 1 N–H and O–H groups in total. The molecule has 110 valence electrons. The molecule has 0 spiro atoms. The molecule has 21 heavy (non-hydrogen) atoms. The van der Waals surface area contributed by atoms with Gasteiger partial charge in [0.15, 0.2) is 5.82 Å². The lowest BCUT2D eigenvalue weighted by molar-refractivity contribution is 0.695. The Labute approximate surface area is 126 Å². The van der Waals surface area contributed by atoms with Crippen molar-refractivity contribution in [2.75, 3.05) is 11.9 Å². The van der Waals surface area contributed by atoms with E-state index < -0.39 is 0 Å². The van der Waals surface area contributed by atoms with Crippen molar-refractivity contribution >= 4 is 5.82 Å². The summed E-state index contributed by atoms with van der Waals surface area (Å²) in [6, 6.07) is 6.15. The van der Waals surface area contributed by atoms with E-state index >= 15 is 0 Å². The number of pyridine rings is 1. The predicted molar refractivity (Wildman–Crippen MR) is 85.4 cm³/mol. The molecule has 2 aromatic rings. The van der Waals surface area contributed by atoms with Crippen LogP contribution in [-0.4, -0.2) is 21.5 Å². The van der Waals surface area contributed by atoms with Gasteiger partial charge in [-0.3, -0.25) is 4.98 Å². The first-order valence-corrected chi connectivity index (χ1v) is 7.82. The van der Waals surface area contributed by atoms with Crippen LogP contribution < -0.4 is 5.32 Å². The third kappa shape index (κ3) is 3.20. The number of nitrogens with zero attached hydrogens (tertiary/aromatic N) is 3. The lowest BCUT2D eigenvalue weighted by atomic mass is 10.0. The molecule has 1 aliphatic rings. The molecule has 3 rings (SSSR count). The zero-order valence-corrected chi connectivity index (χ0v) is 12.8. The van der Waals surface area contributed by atoms with Crippen molar-refractivity contribution in [1.82, 2.24) is 15.0 Å². The van der Waals surface area contributed by atoms with Crippen molar-refractivity contribution < 1.29 is 0 Å². The molecule has 0 radical (unpaired) electrons. The Morgan fingerprint density at radius 1 is 1.19 bits per heavy atom. The molecule has 1 fully saturated rings. The Morgan fingerprint density at radius 2 is 2.00 bits per heavy atom. The molecular weight excluding hydrogens is 260 g/mol. The number of hydrogen-bond acceptors (Lipinski definition) is 4. The molecule has 4 heteroatoms. The standard InChI is InChI=1S/C17H22N4/c1-3-18-16-11-14(13-6-4-5-7-13)20-17(21-16)15-10-12(2)8-9-19-15/h8-11,13H,3-7H2,1-2H3,(H,18,20,21). The summed E-state index contributed by atoms with van der Waals surface area (Å²) in [6.07, 6.45) is 6.92. The predicted octanol–water partition coefficient (Wildman–Crippen LogP) is 3.94. The summed E-state index contributed by atoms with van der Waals surface area (Å²) in [5, 5.41) is 3.32. The summed E-state index contributed by atoms with van der Waals surface area (Å²) in [5.74, 6) is 2.22. The fourth-order valence-corrected chi connectivity index (χ4v) is 2.94. The van der Waals surface area contributed by atoms with E-state index in [0.29, 0.717) is 5.92 Å². The van der Waals surface area contributed by atoms with E-state index in [1.165, 1.54) is 31.2 Å². The SMILES string of the molecule is CCNc1cc(C2CCCC2)nc(-c2cc(C)ccn2)n1. The highest BCUT2D eigenvalue weighted by Gasteiger charge is 2.20. The van der Waals surface area contributed by atoms with Gasteiger partial charge >= 0.3 is 0 Å². The van der Waals surface area contributed by atoms with Crippen molar-refractivity contribution in [3.63, 3.8) is 0 Å². The van der Waals surface area contributed by atoms with Gasteiger partial charge in [-0.15, -0.1) is 0 Å². The number of anilines is 1. The Morgan fingerprint density at radius 3 is 2.71 bits per heavy atom. The quantitative estimate of drug-likeness (QED) is 0.923. The van der Waals surface area contributed by atoms with E-state index in [2.05, 4.69) is 35.2 Å². The molecule has 2 aromatic heterocycles. The van der Waals surface area contributed by atoms with Gasteiger partial charge in [0.05, 0.1) is 0 Å². The highest BCUT2D eigenvalue weighted by molar-refractivity contribution is 5.54. The van der Waals surface area contributed by atoms with Gasteiger partial charge in [0.25, 0.3) is 0 Å². The summed E-state index contributed by atoms with van der Waals surface area (Å²) in [4.78, 5) is 13.8. The van der Waals surface area contributed by atoms with E-state index in [1.807, 2.05) is 18.3 Å². The summed E-state index contributed by atoms with van der Waals surface area (Å²) in [7, 11) is 0. The maximum Gasteiger partial charge on any atom is 0.180 e. The third-order valence-electron chi connectivity index (χ3n) is 4.02. The van der Waals surface area contributed by atoms with Crippen LogP contribution in [0.2, 0.25) is 0 Å². The normalized spacial score (nSPS) is 15.3. The van der Waals surface area contributed by atoms with Crippen molar-refractivity contribution in [3.8, 4) is 11.5 Å². The maximum atomic E-state index is 4.80. The number of aryl methyl sites for hydroxylation is 1. The highest BCUT2D eigenvalue weighted by Crippen LogP contribution is 2.34. The van der Waals surface area contributed by atoms with Crippen LogP contribution in [0.25, 0.3) is 11.5 Å². The first kappa shape index (κ1) is 14.0. The van der Waals surface area contributed by atoms with Crippen LogP contribution in [0.4, 0.5) is 5.82 Å². The molecule has 4 nitrogen and oxygen atoms in total. The summed E-state index contributed by atoms with van der Waals surface area (Å²) in [6.45, 7) is 5.01. The molecule has 1 aliphatic carbocycles. The maximum absolute atomic E-state index is 4.80. The van der Waals surface area contributed by atoms with Gasteiger partial charge in [-0.05, 0) is 44.4 Å². The minimum Gasteiger partial charge on any atom is -0.370 e. The molecule has 0 aromatic carbocycles.